The van der Waals surface area contributed by atoms with Gasteiger partial charge in [-0.1, -0.05) is 59.1 Å². The van der Waals surface area contributed by atoms with Crippen molar-refractivity contribution in [2.45, 2.75) is 53.9 Å². The lowest BCUT2D eigenvalue weighted by molar-refractivity contribution is 0.216. The molecular weight excluding hydrogens is 156 g/mol. The maximum Gasteiger partial charge on any atom is -0.00809 e. The van der Waals surface area contributed by atoms with Crippen molar-refractivity contribution >= 4 is 0 Å². The first-order valence-corrected chi connectivity index (χ1v) is 5.71. The third-order valence-electron chi connectivity index (χ3n) is 3.69. The normalized spacial score (nSPS) is 29.8. The van der Waals surface area contributed by atoms with E-state index in [0.717, 1.165) is 11.8 Å². The van der Waals surface area contributed by atoms with Crippen LogP contribution in [0.2, 0.25) is 0 Å². The number of hydrogen-bond donors (Lipinski definition) is 0. The lowest BCUT2D eigenvalue weighted by Crippen LogP contribution is -2.32. The summed E-state index contributed by atoms with van der Waals surface area (Å²) in [6.45, 7) is 11.7. The largest absolute Gasteiger partial charge is 0.0785 e. The predicted octanol–water partition coefficient (Wildman–Crippen LogP) is 4.42. The summed E-state index contributed by atoms with van der Waals surface area (Å²) < 4.78 is 0. The topological polar surface area (TPSA) is 0 Å². The highest BCUT2D eigenvalue weighted by Gasteiger charge is 2.36. The Morgan fingerprint density at radius 2 is 1.92 bits per heavy atom. The summed E-state index contributed by atoms with van der Waals surface area (Å²) in [6, 6.07) is 0. The van der Waals surface area contributed by atoms with Crippen molar-refractivity contribution in [3.63, 3.8) is 0 Å². The van der Waals surface area contributed by atoms with E-state index in [-0.39, 0.29) is 0 Å². The standard InChI is InChI=1S/C13H24/c1-6-7-11(4)13(5)8-12(9-13)10(2)3/h8,10-11H,6-7,9H2,1-5H3. The fourth-order valence-corrected chi connectivity index (χ4v) is 2.28. The maximum atomic E-state index is 2.53. The highest BCUT2D eigenvalue weighted by molar-refractivity contribution is 5.25. The SMILES string of the molecule is CCCC(C)C1(C)C=C(C(C)C)C1. The van der Waals surface area contributed by atoms with Crippen LogP contribution in [0.5, 0.6) is 0 Å². The zero-order chi connectivity index (χ0) is 10.1. The summed E-state index contributed by atoms with van der Waals surface area (Å²) in [5.41, 5.74) is 2.20. The molecule has 0 radical (unpaired) electrons. The van der Waals surface area contributed by atoms with Crippen LogP contribution in [0.4, 0.5) is 0 Å². The van der Waals surface area contributed by atoms with Gasteiger partial charge in [0, 0.05) is 0 Å². The van der Waals surface area contributed by atoms with Crippen molar-refractivity contribution in [3.8, 4) is 0 Å². The van der Waals surface area contributed by atoms with Crippen molar-refractivity contribution in [1.82, 2.24) is 0 Å². The van der Waals surface area contributed by atoms with Gasteiger partial charge in [0.25, 0.3) is 0 Å². The van der Waals surface area contributed by atoms with Crippen molar-refractivity contribution in [2.24, 2.45) is 17.3 Å². The molecule has 0 aliphatic heterocycles. The monoisotopic (exact) mass is 180 g/mol. The van der Waals surface area contributed by atoms with Gasteiger partial charge < -0.3 is 0 Å². The molecule has 0 amide bonds. The fraction of sp³-hybridized carbons (Fsp3) is 0.846. The minimum Gasteiger partial charge on any atom is -0.0785 e. The zero-order valence-electron chi connectivity index (χ0n) is 9.85. The molecule has 0 spiro atoms. The number of hydrogen-bond acceptors (Lipinski definition) is 0. The van der Waals surface area contributed by atoms with Crippen molar-refractivity contribution in [2.75, 3.05) is 0 Å². The summed E-state index contributed by atoms with van der Waals surface area (Å²) in [5, 5.41) is 0. The van der Waals surface area contributed by atoms with Gasteiger partial charge in [0.15, 0.2) is 0 Å². The zero-order valence-corrected chi connectivity index (χ0v) is 9.85. The van der Waals surface area contributed by atoms with Crippen LogP contribution in [0.1, 0.15) is 53.9 Å². The molecule has 0 fully saturated rings. The Balaban J connectivity index is 2.54. The molecule has 76 valence electrons. The molecule has 2 unspecified atom stereocenters. The first-order valence-electron chi connectivity index (χ1n) is 5.71. The Morgan fingerprint density at radius 1 is 1.38 bits per heavy atom. The Morgan fingerprint density at radius 3 is 2.31 bits per heavy atom. The van der Waals surface area contributed by atoms with Crippen molar-refractivity contribution in [1.29, 1.82) is 0 Å². The molecule has 1 rings (SSSR count). The molecule has 0 aromatic rings. The lowest BCUT2D eigenvalue weighted by atomic mass is 9.62. The van der Waals surface area contributed by atoms with Gasteiger partial charge in [-0.25, -0.2) is 0 Å². The van der Waals surface area contributed by atoms with Crippen LogP contribution < -0.4 is 0 Å². The van der Waals surface area contributed by atoms with Gasteiger partial charge in [-0.05, 0) is 23.7 Å². The average Bonchev–Trinajstić information content (AvgIpc) is 1.98. The van der Waals surface area contributed by atoms with Gasteiger partial charge in [0.1, 0.15) is 0 Å². The average molecular weight is 180 g/mol. The molecule has 0 bridgehead atoms. The van der Waals surface area contributed by atoms with Gasteiger partial charge in [-0.2, -0.15) is 0 Å². The molecule has 2 atom stereocenters. The van der Waals surface area contributed by atoms with Gasteiger partial charge in [-0.3, -0.25) is 0 Å². The maximum absolute atomic E-state index is 2.53. The van der Waals surface area contributed by atoms with Crippen LogP contribution in [0.15, 0.2) is 11.6 Å². The molecule has 0 nitrogen and oxygen atoms in total. The highest BCUT2D eigenvalue weighted by atomic mass is 14.4. The molecule has 0 heteroatoms. The number of rotatable bonds is 4. The van der Waals surface area contributed by atoms with E-state index in [1.165, 1.54) is 19.3 Å². The first-order chi connectivity index (χ1) is 5.99. The minimum absolute atomic E-state index is 0.523. The summed E-state index contributed by atoms with van der Waals surface area (Å²) in [7, 11) is 0. The summed E-state index contributed by atoms with van der Waals surface area (Å²) >= 11 is 0. The molecule has 0 heterocycles. The van der Waals surface area contributed by atoms with E-state index < -0.39 is 0 Å². The van der Waals surface area contributed by atoms with Gasteiger partial charge in [0.05, 0.1) is 0 Å². The number of allylic oxidation sites excluding steroid dienone is 2. The Labute approximate surface area is 83.4 Å². The van der Waals surface area contributed by atoms with E-state index in [1.807, 2.05) is 0 Å². The quantitative estimate of drug-likeness (QED) is 0.562. The Hall–Kier alpha value is -0.260. The Bertz CT molecular complexity index is 200. The second kappa shape index (κ2) is 3.86. The van der Waals surface area contributed by atoms with E-state index >= 15 is 0 Å². The molecule has 0 N–H and O–H groups in total. The van der Waals surface area contributed by atoms with Crippen LogP contribution in [-0.2, 0) is 0 Å². The summed E-state index contributed by atoms with van der Waals surface area (Å²) in [6.07, 6.45) is 6.56. The smallest absolute Gasteiger partial charge is 0.00809 e. The molecule has 1 aliphatic carbocycles. The first kappa shape index (κ1) is 10.8. The van der Waals surface area contributed by atoms with Crippen LogP contribution in [0.25, 0.3) is 0 Å². The van der Waals surface area contributed by atoms with Crippen LogP contribution >= 0.6 is 0 Å². The molecule has 0 aromatic heterocycles. The van der Waals surface area contributed by atoms with E-state index in [1.54, 1.807) is 5.57 Å². The molecular formula is C13H24. The molecule has 13 heavy (non-hydrogen) atoms. The minimum atomic E-state index is 0.523. The Kier molecular flexibility index (Phi) is 3.21. The van der Waals surface area contributed by atoms with E-state index in [2.05, 4.69) is 40.7 Å². The van der Waals surface area contributed by atoms with Gasteiger partial charge in [-0.15, -0.1) is 0 Å². The fourth-order valence-electron chi connectivity index (χ4n) is 2.28. The predicted molar refractivity (Wildman–Crippen MR) is 59.7 cm³/mol. The molecule has 1 aliphatic rings. The summed E-state index contributed by atoms with van der Waals surface area (Å²) in [4.78, 5) is 0. The third kappa shape index (κ3) is 2.15. The van der Waals surface area contributed by atoms with Crippen molar-refractivity contribution < 1.29 is 0 Å². The molecule has 0 aromatic carbocycles. The van der Waals surface area contributed by atoms with Gasteiger partial charge in [0.2, 0.25) is 0 Å². The van der Waals surface area contributed by atoms with Crippen molar-refractivity contribution in [3.05, 3.63) is 11.6 Å². The summed E-state index contributed by atoms with van der Waals surface area (Å²) in [5.74, 6) is 1.63. The third-order valence-corrected chi connectivity index (χ3v) is 3.69. The molecule has 0 saturated heterocycles. The van der Waals surface area contributed by atoms with Crippen LogP contribution in [0, 0.1) is 17.3 Å². The second-order valence-corrected chi connectivity index (χ2v) is 5.25. The second-order valence-electron chi connectivity index (χ2n) is 5.25. The molecule has 0 saturated carbocycles. The van der Waals surface area contributed by atoms with E-state index in [4.69, 9.17) is 0 Å². The van der Waals surface area contributed by atoms with Crippen LogP contribution in [-0.4, -0.2) is 0 Å². The lowest BCUT2D eigenvalue weighted by Gasteiger charge is -2.43. The van der Waals surface area contributed by atoms with E-state index in [9.17, 15) is 0 Å². The van der Waals surface area contributed by atoms with E-state index in [0.29, 0.717) is 5.41 Å². The van der Waals surface area contributed by atoms with Crippen LogP contribution in [0.3, 0.4) is 0 Å². The highest BCUT2D eigenvalue weighted by Crippen LogP contribution is 2.48. The van der Waals surface area contributed by atoms with Gasteiger partial charge >= 0.3 is 0 Å².